The zero-order valence-corrected chi connectivity index (χ0v) is 18.9. The summed E-state index contributed by atoms with van der Waals surface area (Å²) in [4.78, 5) is 50.3. The second-order valence-electron chi connectivity index (χ2n) is 7.31. The molecule has 1 aromatic carbocycles. The van der Waals surface area contributed by atoms with Crippen LogP contribution in [-0.2, 0) is 31.9 Å². The molecule has 32 heavy (non-hydrogen) atoms. The smallest absolute Gasteiger partial charge is 0.341 e. The fourth-order valence-corrected chi connectivity index (χ4v) is 4.70. The second kappa shape index (κ2) is 10.9. The van der Waals surface area contributed by atoms with E-state index in [4.69, 9.17) is 9.47 Å². The van der Waals surface area contributed by atoms with Crippen LogP contribution in [0.3, 0.4) is 0 Å². The lowest BCUT2D eigenvalue weighted by atomic mass is 9.95. The van der Waals surface area contributed by atoms with E-state index in [9.17, 15) is 19.2 Å². The Bertz CT molecular complexity index is 1000. The molecule has 170 valence electrons. The van der Waals surface area contributed by atoms with Crippen LogP contribution in [0.15, 0.2) is 30.3 Å². The van der Waals surface area contributed by atoms with Gasteiger partial charge in [0.1, 0.15) is 11.5 Å². The molecule has 1 aliphatic carbocycles. The number of esters is 2. The van der Waals surface area contributed by atoms with Crippen LogP contribution in [0.5, 0.6) is 0 Å². The largest absolute Gasteiger partial charge is 0.462 e. The second-order valence-corrected chi connectivity index (χ2v) is 8.41. The molecular formula is C23H26N2O6S. The average Bonchev–Trinajstić information content (AvgIpc) is 3.16. The summed E-state index contributed by atoms with van der Waals surface area (Å²) in [6.45, 7) is 3.03. The highest BCUT2D eigenvalue weighted by Crippen LogP contribution is 2.38. The first-order valence-corrected chi connectivity index (χ1v) is 11.4. The van der Waals surface area contributed by atoms with E-state index in [1.165, 1.54) is 18.3 Å². The standard InChI is InChI=1S/C23H26N2O6S/c1-3-30-23(29)19-16-11-7-8-12-17(16)32-22(19)25-20(27)14(2)31-18(26)13-24-21(28)15-9-5-4-6-10-15/h4-6,9-10,14H,3,7-8,11-13H2,1-2H3,(H,24,28)(H,25,27). The van der Waals surface area contributed by atoms with Crippen molar-refractivity contribution >= 4 is 40.1 Å². The number of carbonyl (C=O) groups excluding carboxylic acids is 4. The maximum Gasteiger partial charge on any atom is 0.341 e. The number of ether oxygens (including phenoxy) is 2. The van der Waals surface area contributed by atoms with Crippen molar-refractivity contribution in [2.24, 2.45) is 0 Å². The molecule has 2 N–H and O–H groups in total. The Morgan fingerprint density at radius 1 is 1.09 bits per heavy atom. The number of amides is 2. The fourth-order valence-electron chi connectivity index (χ4n) is 3.42. The quantitative estimate of drug-likeness (QED) is 0.588. The molecule has 1 unspecified atom stereocenters. The van der Waals surface area contributed by atoms with Gasteiger partial charge in [-0.05, 0) is 57.2 Å². The Hall–Kier alpha value is -3.20. The Morgan fingerprint density at radius 2 is 1.81 bits per heavy atom. The molecule has 2 amide bonds. The Labute approximate surface area is 190 Å². The van der Waals surface area contributed by atoms with Gasteiger partial charge in [-0.15, -0.1) is 11.3 Å². The SMILES string of the molecule is CCOC(=O)c1c(NC(=O)C(C)OC(=O)CNC(=O)c2ccccc2)sc2c1CCCC2. The first kappa shape index (κ1) is 23.5. The van der Waals surface area contributed by atoms with E-state index in [2.05, 4.69) is 10.6 Å². The molecule has 0 radical (unpaired) electrons. The minimum absolute atomic E-state index is 0.236. The maximum atomic E-state index is 12.6. The summed E-state index contributed by atoms with van der Waals surface area (Å²) in [6.07, 6.45) is 2.53. The van der Waals surface area contributed by atoms with Crippen molar-refractivity contribution in [3.05, 3.63) is 51.9 Å². The van der Waals surface area contributed by atoms with Crippen molar-refractivity contribution in [3.63, 3.8) is 0 Å². The summed E-state index contributed by atoms with van der Waals surface area (Å²) in [6, 6.07) is 8.46. The number of anilines is 1. The van der Waals surface area contributed by atoms with Gasteiger partial charge >= 0.3 is 11.9 Å². The highest BCUT2D eigenvalue weighted by Gasteiger charge is 2.28. The maximum absolute atomic E-state index is 12.6. The van der Waals surface area contributed by atoms with Crippen LogP contribution in [0.4, 0.5) is 5.00 Å². The van der Waals surface area contributed by atoms with Crippen molar-refractivity contribution in [1.29, 1.82) is 0 Å². The van der Waals surface area contributed by atoms with Crippen molar-refractivity contribution in [2.45, 2.75) is 45.6 Å². The van der Waals surface area contributed by atoms with E-state index >= 15 is 0 Å². The predicted molar refractivity (Wildman–Crippen MR) is 120 cm³/mol. The van der Waals surface area contributed by atoms with Crippen molar-refractivity contribution < 1.29 is 28.7 Å². The van der Waals surface area contributed by atoms with Crippen LogP contribution in [-0.4, -0.2) is 43.0 Å². The molecule has 3 rings (SSSR count). The van der Waals surface area contributed by atoms with Crippen LogP contribution in [0.2, 0.25) is 0 Å². The van der Waals surface area contributed by atoms with Gasteiger partial charge in [0.2, 0.25) is 0 Å². The lowest BCUT2D eigenvalue weighted by molar-refractivity contribution is -0.152. The van der Waals surface area contributed by atoms with Gasteiger partial charge < -0.3 is 20.1 Å². The molecule has 9 heteroatoms. The van der Waals surface area contributed by atoms with Crippen LogP contribution < -0.4 is 10.6 Å². The molecule has 1 aliphatic rings. The molecule has 8 nitrogen and oxygen atoms in total. The summed E-state index contributed by atoms with van der Waals surface area (Å²) in [5.41, 5.74) is 1.75. The number of benzene rings is 1. The number of nitrogens with one attached hydrogen (secondary N) is 2. The monoisotopic (exact) mass is 458 g/mol. The van der Waals surface area contributed by atoms with Crippen LogP contribution in [0.25, 0.3) is 0 Å². The Balaban J connectivity index is 1.59. The first-order chi connectivity index (χ1) is 15.4. The molecule has 1 atom stereocenters. The topological polar surface area (TPSA) is 111 Å². The third kappa shape index (κ3) is 5.73. The minimum atomic E-state index is -1.11. The summed E-state index contributed by atoms with van der Waals surface area (Å²) >= 11 is 1.36. The zero-order valence-electron chi connectivity index (χ0n) is 18.1. The van der Waals surface area contributed by atoms with Crippen molar-refractivity contribution in [3.8, 4) is 0 Å². The average molecular weight is 459 g/mol. The molecule has 2 aromatic rings. The molecule has 1 heterocycles. The van der Waals surface area contributed by atoms with E-state index in [0.717, 1.165) is 36.1 Å². The highest BCUT2D eigenvalue weighted by molar-refractivity contribution is 7.17. The van der Waals surface area contributed by atoms with Crippen LogP contribution in [0.1, 0.15) is 57.8 Å². The summed E-state index contributed by atoms with van der Waals surface area (Å²) < 4.78 is 10.3. The number of hydrogen-bond donors (Lipinski definition) is 2. The number of rotatable bonds is 8. The van der Waals surface area contributed by atoms with Gasteiger partial charge in [0.25, 0.3) is 11.8 Å². The van der Waals surface area contributed by atoms with Gasteiger partial charge in [0.15, 0.2) is 6.10 Å². The summed E-state index contributed by atoms with van der Waals surface area (Å²) in [7, 11) is 0. The van der Waals surface area contributed by atoms with Gasteiger partial charge in [-0.2, -0.15) is 0 Å². The molecule has 0 saturated carbocycles. The van der Waals surface area contributed by atoms with Gasteiger partial charge in [-0.3, -0.25) is 14.4 Å². The third-order valence-electron chi connectivity index (χ3n) is 4.99. The highest BCUT2D eigenvalue weighted by atomic mass is 32.1. The minimum Gasteiger partial charge on any atom is -0.462 e. The molecule has 0 fully saturated rings. The van der Waals surface area contributed by atoms with Crippen molar-refractivity contribution in [2.75, 3.05) is 18.5 Å². The summed E-state index contributed by atoms with van der Waals surface area (Å²) in [5, 5.41) is 5.59. The van der Waals surface area contributed by atoms with Crippen LogP contribution in [0, 0.1) is 0 Å². The molecule has 0 aliphatic heterocycles. The number of thiophene rings is 1. The first-order valence-electron chi connectivity index (χ1n) is 10.6. The van der Waals surface area contributed by atoms with Gasteiger partial charge in [-0.25, -0.2) is 4.79 Å². The lowest BCUT2D eigenvalue weighted by Crippen LogP contribution is -2.35. The Kier molecular flexibility index (Phi) is 7.99. The van der Waals surface area contributed by atoms with E-state index in [-0.39, 0.29) is 13.2 Å². The number of hydrogen-bond acceptors (Lipinski definition) is 7. The molecule has 1 aromatic heterocycles. The van der Waals surface area contributed by atoms with Crippen molar-refractivity contribution in [1.82, 2.24) is 5.32 Å². The van der Waals surface area contributed by atoms with E-state index in [1.54, 1.807) is 37.3 Å². The Morgan fingerprint density at radius 3 is 2.53 bits per heavy atom. The number of carbonyl (C=O) groups is 4. The molecule has 0 saturated heterocycles. The van der Waals surface area contributed by atoms with Crippen LogP contribution >= 0.6 is 11.3 Å². The molecule has 0 spiro atoms. The summed E-state index contributed by atoms with van der Waals surface area (Å²) in [5.74, 6) is -2.18. The van der Waals surface area contributed by atoms with E-state index in [0.29, 0.717) is 16.1 Å². The predicted octanol–water partition coefficient (Wildman–Crippen LogP) is 3.10. The van der Waals surface area contributed by atoms with E-state index < -0.39 is 29.9 Å². The van der Waals surface area contributed by atoms with Gasteiger partial charge in [0, 0.05) is 10.4 Å². The number of aryl methyl sites for hydroxylation is 1. The lowest BCUT2D eigenvalue weighted by Gasteiger charge is -2.14. The third-order valence-corrected chi connectivity index (χ3v) is 6.20. The van der Waals surface area contributed by atoms with Gasteiger partial charge in [-0.1, -0.05) is 18.2 Å². The van der Waals surface area contributed by atoms with E-state index in [1.807, 2.05) is 0 Å². The van der Waals surface area contributed by atoms with Gasteiger partial charge in [0.05, 0.1) is 12.2 Å². The zero-order chi connectivity index (χ0) is 23.1. The molecular weight excluding hydrogens is 432 g/mol. The number of fused-ring (bicyclic) bond motifs is 1. The normalized spacial score (nSPS) is 13.4. The molecule has 0 bridgehead atoms. The fraction of sp³-hybridized carbons (Fsp3) is 0.391.